The van der Waals surface area contributed by atoms with E-state index in [0.717, 1.165) is 46.2 Å². The molecular formula is C24H24N4. The van der Waals surface area contributed by atoms with Crippen LogP contribution in [0.3, 0.4) is 0 Å². The number of aliphatic imine (C=N–C) groups is 1. The van der Waals surface area contributed by atoms with E-state index in [0.29, 0.717) is 0 Å². The molecule has 0 bridgehead atoms. The summed E-state index contributed by atoms with van der Waals surface area (Å²) in [6.45, 7) is 9.17. The molecule has 2 heterocycles. The van der Waals surface area contributed by atoms with Crippen molar-refractivity contribution in [1.82, 2.24) is 14.5 Å². The Kier molecular flexibility index (Phi) is 4.78. The molecule has 0 radical (unpaired) electrons. The molecule has 4 nitrogen and oxygen atoms in total. The lowest BCUT2D eigenvalue weighted by molar-refractivity contribution is 0.793. The van der Waals surface area contributed by atoms with Crippen LogP contribution >= 0.6 is 0 Å². The van der Waals surface area contributed by atoms with Crippen molar-refractivity contribution >= 4 is 22.4 Å². The van der Waals surface area contributed by atoms with Gasteiger partial charge in [-0.15, -0.1) is 0 Å². The number of nitrogens with zero attached hydrogens (tertiary/aromatic N) is 4. The van der Waals surface area contributed by atoms with Gasteiger partial charge in [0.15, 0.2) is 5.82 Å². The first-order valence-corrected chi connectivity index (χ1v) is 9.63. The van der Waals surface area contributed by atoms with Crippen LogP contribution in [0.4, 0.5) is 5.69 Å². The molecule has 28 heavy (non-hydrogen) atoms. The lowest BCUT2D eigenvalue weighted by Crippen LogP contribution is -2.03. The average molecular weight is 368 g/mol. The summed E-state index contributed by atoms with van der Waals surface area (Å²) in [5.41, 5.74) is 8.13. The molecule has 0 aliphatic carbocycles. The van der Waals surface area contributed by atoms with Crippen LogP contribution in [0.25, 0.3) is 22.6 Å². The molecule has 4 rings (SSSR count). The molecule has 4 aromatic rings. The lowest BCUT2D eigenvalue weighted by atomic mass is 10.1. The van der Waals surface area contributed by atoms with Crippen molar-refractivity contribution in [2.45, 2.75) is 34.2 Å². The first kappa shape index (κ1) is 18.1. The zero-order valence-electron chi connectivity index (χ0n) is 16.8. The third-order valence-corrected chi connectivity index (χ3v) is 5.04. The number of aryl methyl sites for hydroxylation is 3. The van der Waals surface area contributed by atoms with Crippen LogP contribution in [0.1, 0.15) is 30.7 Å². The van der Waals surface area contributed by atoms with Crippen molar-refractivity contribution in [2.75, 3.05) is 0 Å². The van der Waals surface area contributed by atoms with E-state index < -0.39 is 0 Å². The molecule has 0 fully saturated rings. The highest BCUT2D eigenvalue weighted by molar-refractivity contribution is 5.99. The van der Waals surface area contributed by atoms with Crippen LogP contribution in [0, 0.1) is 13.8 Å². The Morgan fingerprint density at radius 2 is 1.61 bits per heavy atom. The molecule has 0 atom stereocenters. The Morgan fingerprint density at radius 1 is 0.893 bits per heavy atom. The minimum absolute atomic E-state index is 0.844. The Labute approximate surface area is 165 Å². The van der Waals surface area contributed by atoms with Crippen molar-refractivity contribution in [1.29, 1.82) is 0 Å². The normalized spacial score (nSPS) is 11.9. The highest BCUT2D eigenvalue weighted by atomic mass is 15.1. The van der Waals surface area contributed by atoms with Crippen molar-refractivity contribution in [3.63, 3.8) is 0 Å². The van der Waals surface area contributed by atoms with E-state index in [1.165, 1.54) is 11.1 Å². The van der Waals surface area contributed by atoms with E-state index >= 15 is 0 Å². The predicted molar refractivity (Wildman–Crippen MR) is 116 cm³/mol. The van der Waals surface area contributed by atoms with Crippen molar-refractivity contribution < 1.29 is 0 Å². The topological polar surface area (TPSA) is 43.1 Å². The number of benzene rings is 2. The first-order chi connectivity index (χ1) is 13.6. The van der Waals surface area contributed by atoms with Crippen LogP contribution in [0.15, 0.2) is 65.7 Å². The fourth-order valence-electron chi connectivity index (χ4n) is 3.56. The molecule has 0 saturated carbocycles. The maximum Gasteiger partial charge on any atom is 0.159 e. The smallest absolute Gasteiger partial charge is 0.159 e. The van der Waals surface area contributed by atoms with Gasteiger partial charge >= 0.3 is 0 Å². The Balaban J connectivity index is 1.80. The van der Waals surface area contributed by atoms with Crippen LogP contribution in [-0.4, -0.2) is 20.2 Å². The second-order valence-corrected chi connectivity index (χ2v) is 7.01. The number of rotatable bonds is 4. The van der Waals surface area contributed by atoms with E-state index in [1.54, 1.807) is 0 Å². The zero-order valence-corrected chi connectivity index (χ0v) is 16.8. The Bertz CT molecular complexity index is 1160. The van der Waals surface area contributed by atoms with Gasteiger partial charge in [0.05, 0.1) is 28.1 Å². The summed E-state index contributed by atoms with van der Waals surface area (Å²) < 4.78 is 2.21. The van der Waals surface area contributed by atoms with Crippen molar-refractivity contribution in [2.24, 2.45) is 4.99 Å². The monoisotopic (exact) mass is 368 g/mol. The second-order valence-electron chi connectivity index (χ2n) is 7.01. The quantitative estimate of drug-likeness (QED) is 0.422. The lowest BCUT2D eigenvalue weighted by Gasteiger charge is -2.09. The highest BCUT2D eigenvalue weighted by Crippen LogP contribution is 2.26. The first-order valence-electron chi connectivity index (χ1n) is 9.63. The molecule has 0 saturated heterocycles. The van der Waals surface area contributed by atoms with Gasteiger partial charge in [-0.3, -0.25) is 4.99 Å². The van der Waals surface area contributed by atoms with Gasteiger partial charge in [0, 0.05) is 6.54 Å². The summed E-state index contributed by atoms with van der Waals surface area (Å²) in [4.78, 5) is 14.6. The van der Waals surface area contributed by atoms with E-state index in [9.17, 15) is 0 Å². The van der Waals surface area contributed by atoms with Gasteiger partial charge in [-0.25, -0.2) is 9.97 Å². The summed E-state index contributed by atoms with van der Waals surface area (Å²) in [7, 11) is 0. The minimum atomic E-state index is 0.844. The van der Waals surface area contributed by atoms with Gasteiger partial charge in [-0.05, 0) is 63.1 Å². The number of hydrogen-bond donors (Lipinski definition) is 0. The molecule has 140 valence electrons. The Hall–Kier alpha value is -3.27. The fraction of sp³-hybridized carbons (Fsp3) is 0.208. The number of imidazole rings is 1. The number of fused-ring (bicyclic) bond motifs is 1. The fourth-order valence-corrected chi connectivity index (χ4v) is 3.56. The van der Waals surface area contributed by atoms with Gasteiger partial charge in [0.25, 0.3) is 0 Å². The molecule has 0 N–H and O–H groups in total. The van der Waals surface area contributed by atoms with Crippen molar-refractivity contribution in [3.05, 3.63) is 77.5 Å². The summed E-state index contributed by atoms with van der Waals surface area (Å²) in [5, 5.41) is 0. The van der Waals surface area contributed by atoms with Gasteiger partial charge in [-0.2, -0.15) is 0 Å². The molecule has 2 aromatic heterocycles. The Morgan fingerprint density at radius 3 is 2.36 bits per heavy atom. The van der Waals surface area contributed by atoms with E-state index in [4.69, 9.17) is 15.0 Å². The summed E-state index contributed by atoms with van der Waals surface area (Å²) in [6.07, 6.45) is 0. The number of hydrogen-bond acceptors (Lipinski definition) is 3. The van der Waals surface area contributed by atoms with Gasteiger partial charge in [-0.1, -0.05) is 36.4 Å². The van der Waals surface area contributed by atoms with Crippen LogP contribution in [0.2, 0.25) is 0 Å². The van der Waals surface area contributed by atoms with Crippen LogP contribution < -0.4 is 0 Å². The summed E-state index contributed by atoms with van der Waals surface area (Å²) in [6, 6.07) is 20.5. The molecule has 2 aromatic carbocycles. The molecule has 0 amide bonds. The summed E-state index contributed by atoms with van der Waals surface area (Å²) in [5.74, 6) is 0.894. The molecular weight excluding hydrogens is 344 g/mol. The van der Waals surface area contributed by atoms with Gasteiger partial charge in [0.1, 0.15) is 5.69 Å². The third kappa shape index (κ3) is 3.22. The largest absolute Gasteiger partial charge is 0.323 e. The SMILES string of the molecule is CCn1c(-c2cccc(C(C)=Nc3c(C)cccc3C)n2)nc2ccccc21. The predicted octanol–water partition coefficient (Wildman–Crippen LogP) is 5.88. The van der Waals surface area contributed by atoms with E-state index in [1.807, 2.05) is 43.3 Å². The van der Waals surface area contributed by atoms with Crippen molar-refractivity contribution in [3.8, 4) is 11.5 Å². The van der Waals surface area contributed by atoms with Gasteiger partial charge < -0.3 is 4.57 Å². The number of para-hydroxylation sites is 3. The average Bonchev–Trinajstić information content (AvgIpc) is 3.09. The maximum atomic E-state index is 4.89. The van der Waals surface area contributed by atoms with Crippen LogP contribution in [-0.2, 0) is 6.54 Å². The molecule has 0 unspecified atom stereocenters. The number of aromatic nitrogens is 3. The van der Waals surface area contributed by atoms with Crippen LogP contribution in [0.5, 0.6) is 0 Å². The van der Waals surface area contributed by atoms with Gasteiger partial charge in [0.2, 0.25) is 0 Å². The minimum Gasteiger partial charge on any atom is -0.323 e. The third-order valence-electron chi connectivity index (χ3n) is 5.04. The highest BCUT2D eigenvalue weighted by Gasteiger charge is 2.13. The zero-order chi connectivity index (χ0) is 19.7. The molecule has 0 aliphatic rings. The second kappa shape index (κ2) is 7.39. The molecule has 0 aliphatic heterocycles. The molecule has 4 heteroatoms. The number of pyridine rings is 1. The van der Waals surface area contributed by atoms with E-state index in [2.05, 4.69) is 49.6 Å². The maximum absolute atomic E-state index is 4.89. The standard InChI is InChI=1S/C24H24N4/c1-5-28-22-15-7-6-12-20(22)27-24(28)21-14-9-13-19(26-21)18(4)25-23-16(2)10-8-11-17(23)3/h6-15H,5H2,1-4H3. The van der Waals surface area contributed by atoms with E-state index in [-0.39, 0.29) is 0 Å². The molecule has 0 spiro atoms. The summed E-state index contributed by atoms with van der Waals surface area (Å²) >= 11 is 0.